The van der Waals surface area contributed by atoms with Crippen LogP contribution in [0, 0.1) is 10.1 Å². The van der Waals surface area contributed by atoms with E-state index in [2.05, 4.69) is 11.6 Å². The summed E-state index contributed by atoms with van der Waals surface area (Å²) < 4.78 is 1.30. The van der Waals surface area contributed by atoms with Gasteiger partial charge in [0.1, 0.15) is 6.20 Å². The average molecular weight is 271 g/mol. The Morgan fingerprint density at radius 1 is 1.35 bits per heavy atom. The molecule has 1 N–H and O–H groups in total. The van der Waals surface area contributed by atoms with Gasteiger partial charge < -0.3 is 15.2 Å². The minimum atomic E-state index is -0.512. The highest BCUT2D eigenvalue weighted by molar-refractivity contribution is 5.68. The molecule has 6 heteroatoms. The Morgan fingerprint density at radius 2 is 2.05 bits per heavy atom. The first-order valence-corrected chi connectivity index (χ1v) is 5.87. The molecule has 102 valence electrons. The predicted octanol–water partition coefficient (Wildman–Crippen LogP) is 2.55. The van der Waals surface area contributed by atoms with Crippen LogP contribution >= 0.6 is 0 Å². The molecule has 0 amide bonds. The fraction of sp³-hybridized carbons (Fsp3) is 0.0714. The lowest BCUT2D eigenvalue weighted by molar-refractivity contribution is -0.390. The summed E-state index contributed by atoms with van der Waals surface area (Å²) in [7, 11) is 0. The molecule has 1 aromatic carbocycles. The highest BCUT2D eigenvalue weighted by Crippen LogP contribution is 2.16. The molecule has 0 bridgehead atoms. The van der Waals surface area contributed by atoms with Crippen LogP contribution < -0.4 is 0 Å². The molecule has 0 aliphatic rings. The van der Waals surface area contributed by atoms with Gasteiger partial charge in [0.15, 0.2) is 0 Å². The van der Waals surface area contributed by atoms with Crippen LogP contribution in [0.5, 0.6) is 0 Å². The fourth-order valence-corrected chi connectivity index (χ4v) is 1.72. The number of nitro groups is 1. The molecule has 0 aliphatic carbocycles. The number of aliphatic hydroxyl groups excluding tert-OH is 1. The Hall–Kier alpha value is -2.73. The SMILES string of the molecule is C=Cn1c([N+](=O)[O-])cnc1/C=C\c1ccc(CO)cc1. The minimum Gasteiger partial charge on any atom is -0.392 e. The third-order valence-electron chi connectivity index (χ3n) is 2.76. The van der Waals surface area contributed by atoms with Crippen LogP contribution in [0.25, 0.3) is 18.4 Å². The van der Waals surface area contributed by atoms with Gasteiger partial charge in [0.25, 0.3) is 0 Å². The van der Waals surface area contributed by atoms with E-state index in [0.29, 0.717) is 5.82 Å². The molecule has 0 saturated carbocycles. The van der Waals surface area contributed by atoms with Gasteiger partial charge in [-0.05, 0) is 22.1 Å². The van der Waals surface area contributed by atoms with E-state index in [1.54, 1.807) is 12.2 Å². The zero-order chi connectivity index (χ0) is 14.5. The largest absolute Gasteiger partial charge is 0.392 e. The monoisotopic (exact) mass is 271 g/mol. The van der Waals surface area contributed by atoms with Gasteiger partial charge in [0, 0.05) is 6.08 Å². The van der Waals surface area contributed by atoms with Crippen molar-refractivity contribution in [1.29, 1.82) is 0 Å². The molecular formula is C14H13N3O3. The van der Waals surface area contributed by atoms with Crippen molar-refractivity contribution in [2.24, 2.45) is 0 Å². The first-order chi connectivity index (χ1) is 9.65. The smallest absolute Gasteiger partial charge is 0.347 e. The maximum absolute atomic E-state index is 10.8. The van der Waals surface area contributed by atoms with Crippen molar-refractivity contribution in [3.05, 3.63) is 64.1 Å². The van der Waals surface area contributed by atoms with Crippen molar-refractivity contribution in [2.75, 3.05) is 0 Å². The van der Waals surface area contributed by atoms with Crippen molar-refractivity contribution in [1.82, 2.24) is 9.55 Å². The molecule has 2 aromatic rings. The average Bonchev–Trinajstić information content (AvgIpc) is 2.88. The van der Waals surface area contributed by atoms with Crippen molar-refractivity contribution >= 4 is 24.2 Å². The maximum Gasteiger partial charge on any atom is 0.347 e. The van der Waals surface area contributed by atoms with E-state index in [1.165, 1.54) is 17.0 Å². The molecule has 0 spiro atoms. The summed E-state index contributed by atoms with van der Waals surface area (Å²) in [5, 5.41) is 19.7. The normalized spacial score (nSPS) is 10.8. The van der Waals surface area contributed by atoms with Crippen LogP contribution in [0.1, 0.15) is 17.0 Å². The van der Waals surface area contributed by atoms with Crippen LogP contribution in [0.2, 0.25) is 0 Å². The third kappa shape index (κ3) is 2.81. The van der Waals surface area contributed by atoms with Crippen LogP contribution in [0.4, 0.5) is 5.82 Å². The van der Waals surface area contributed by atoms with Crippen LogP contribution in [-0.2, 0) is 6.61 Å². The lowest BCUT2D eigenvalue weighted by Gasteiger charge is -1.97. The third-order valence-corrected chi connectivity index (χ3v) is 2.76. The Balaban J connectivity index is 2.26. The van der Waals surface area contributed by atoms with E-state index >= 15 is 0 Å². The van der Waals surface area contributed by atoms with Crippen LogP contribution in [0.15, 0.2) is 37.0 Å². The first kappa shape index (κ1) is 13.7. The number of nitrogens with zero attached hydrogens (tertiary/aromatic N) is 3. The molecule has 0 radical (unpaired) electrons. The summed E-state index contributed by atoms with van der Waals surface area (Å²) in [6.07, 6.45) is 5.99. The summed E-state index contributed by atoms with van der Waals surface area (Å²) in [5.74, 6) is 0.299. The Kier molecular flexibility index (Phi) is 4.07. The Morgan fingerprint density at radius 3 is 2.60 bits per heavy atom. The molecule has 2 rings (SSSR count). The number of aromatic nitrogens is 2. The highest BCUT2D eigenvalue weighted by Gasteiger charge is 2.15. The molecule has 0 aliphatic heterocycles. The molecule has 0 atom stereocenters. The summed E-state index contributed by atoms with van der Waals surface area (Å²) in [6.45, 7) is 3.54. The van der Waals surface area contributed by atoms with Gasteiger partial charge >= 0.3 is 5.82 Å². The van der Waals surface area contributed by atoms with Gasteiger partial charge in [-0.3, -0.25) is 0 Å². The molecule has 1 heterocycles. The van der Waals surface area contributed by atoms with Crippen molar-refractivity contribution in [3.63, 3.8) is 0 Å². The van der Waals surface area contributed by atoms with E-state index in [4.69, 9.17) is 5.11 Å². The van der Waals surface area contributed by atoms with Gasteiger partial charge in [0.05, 0.1) is 12.8 Å². The second-order valence-corrected chi connectivity index (χ2v) is 4.02. The van der Waals surface area contributed by atoms with Crippen LogP contribution in [-0.4, -0.2) is 19.6 Å². The molecule has 1 aromatic heterocycles. The molecule has 0 saturated heterocycles. The number of aliphatic hydroxyl groups is 1. The van der Waals surface area contributed by atoms with E-state index < -0.39 is 4.92 Å². The maximum atomic E-state index is 10.8. The quantitative estimate of drug-likeness (QED) is 0.669. The van der Waals surface area contributed by atoms with Gasteiger partial charge in [0.2, 0.25) is 5.82 Å². The number of rotatable bonds is 5. The lowest BCUT2D eigenvalue weighted by Crippen LogP contribution is -1.97. The number of hydrogen-bond acceptors (Lipinski definition) is 4. The minimum absolute atomic E-state index is 0.00292. The second-order valence-electron chi connectivity index (χ2n) is 4.02. The molecule has 0 unspecified atom stereocenters. The highest BCUT2D eigenvalue weighted by atomic mass is 16.6. The predicted molar refractivity (Wildman–Crippen MR) is 76.6 cm³/mol. The summed E-state index contributed by atoms with van der Waals surface area (Å²) >= 11 is 0. The summed E-state index contributed by atoms with van der Waals surface area (Å²) in [5.41, 5.74) is 1.73. The van der Waals surface area contributed by atoms with E-state index in [1.807, 2.05) is 24.3 Å². The van der Waals surface area contributed by atoms with Crippen molar-refractivity contribution in [3.8, 4) is 0 Å². The van der Waals surface area contributed by atoms with Gasteiger partial charge in [-0.1, -0.05) is 30.8 Å². The second kappa shape index (κ2) is 5.94. The lowest BCUT2D eigenvalue weighted by atomic mass is 10.1. The van der Waals surface area contributed by atoms with Gasteiger partial charge in [-0.15, -0.1) is 0 Å². The molecule has 0 fully saturated rings. The van der Waals surface area contributed by atoms with Gasteiger partial charge in [-0.2, -0.15) is 4.57 Å². The Labute approximate surface area is 115 Å². The number of hydrogen-bond donors (Lipinski definition) is 1. The first-order valence-electron chi connectivity index (χ1n) is 5.87. The van der Waals surface area contributed by atoms with Crippen molar-refractivity contribution in [2.45, 2.75) is 6.61 Å². The topological polar surface area (TPSA) is 81.2 Å². The number of benzene rings is 1. The van der Waals surface area contributed by atoms with E-state index in [0.717, 1.165) is 11.1 Å². The molecule has 6 nitrogen and oxygen atoms in total. The van der Waals surface area contributed by atoms with Gasteiger partial charge in [-0.25, -0.2) is 4.98 Å². The summed E-state index contributed by atoms with van der Waals surface area (Å²) in [6, 6.07) is 7.31. The Bertz CT molecular complexity index is 657. The fourth-order valence-electron chi connectivity index (χ4n) is 1.72. The molecular weight excluding hydrogens is 258 g/mol. The number of imidazole rings is 1. The molecule has 20 heavy (non-hydrogen) atoms. The van der Waals surface area contributed by atoms with Crippen LogP contribution in [0.3, 0.4) is 0 Å². The van der Waals surface area contributed by atoms with Crippen molar-refractivity contribution < 1.29 is 10.0 Å². The zero-order valence-corrected chi connectivity index (χ0v) is 10.6. The summed E-state index contributed by atoms with van der Waals surface area (Å²) in [4.78, 5) is 14.3. The van der Waals surface area contributed by atoms with E-state index in [-0.39, 0.29) is 12.4 Å². The zero-order valence-electron chi connectivity index (χ0n) is 10.6. The standard InChI is InChI=1S/C14H13N3O3/c1-2-16-13(15-9-14(16)17(19)20)8-7-11-3-5-12(10-18)6-4-11/h2-9,18H,1,10H2/b8-7-. The van der Waals surface area contributed by atoms with E-state index in [9.17, 15) is 10.1 Å².